The Hall–Kier alpha value is -3.22. The third-order valence-corrected chi connectivity index (χ3v) is 21.3. The second-order valence-electron chi connectivity index (χ2n) is 22.8. The Morgan fingerprint density at radius 3 is 0.709 bits per heavy atom. The number of hydrogen-bond donors (Lipinski definition) is 0. The van der Waals surface area contributed by atoms with Crippen LogP contribution in [0.25, 0.3) is 0 Å². The minimum Gasteiger partial charge on any atom is -0.492 e. The van der Waals surface area contributed by atoms with Crippen LogP contribution in [0, 0.1) is 0 Å². The monoisotopic (exact) mass is 1480 g/mol. The number of fused-ring (bicyclic) bond motifs is 2. The topological polar surface area (TPSA) is 225 Å². The number of urea groups is 8. The normalized spacial score (nSPS) is 30.8. The van der Waals surface area contributed by atoms with Gasteiger partial charge in [0.1, 0.15) is 63.0 Å². The standard InChI is InChI=1S/C50H56Br4N16O12.4Mg/c1-47-49(3)67-23-59-37-35-55(39(59)71)21-57-36-38-61(41(57)73)25-69-45(77)65-19-29-30(34(82-16-12-54)8-7-33(29)81-15-11-53)20-66-46(78)70(50(69,4)48(65,66)2)26-62(38)42(74)58(36)22-56(35)40(72)60(37)24-68(49)44(76)64(47)18-28-27(17-63(47)43(67)75)31(79-13-9-51)5-6-32(28)80-14-10-52;;;;/h5-8,35-38H,9-26H2,1-4H3;;;;/q;4*+2. The van der Waals surface area contributed by atoms with E-state index in [0.29, 0.717) is 93.0 Å². The SMILES string of the molecule is CC12N3Cc4c(OCCBr)ccc(OCCBr)c4CN1C(=O)N1CN4C(=O)N5CN6C(=O)N7CN8C(=O)N9Cc%10c(OCCBr)ccc(OCCBr)c%10CN%10C(=O)N(CN%11C(=O)N(CN%12C(=O)N(CN(C3=O)C12C)C4C%125)C6C%117)C8(C)C%109C.[Mg+2].[Mg+2].[Mg+2].[Mg+2]. The Kier molecular flexibility index (Phi) is 16.7. The smallest absolute Gasteiger partial charge is 0.492 e. The molecule has 0 spiro atoms. The maximum absolute atomic E-state index is 15.5. The molecule has 15 rings (SSSR count). The van der Waals surface area contributed by atoms with Crippen molar-refractivity contribution >= 4 is 204 Å². The first-order valence-corrected chi connectivity index (χ1v) is 31.6. The fourth-order valence-electron chi connectivity index (χ4n) is 15.8. The van der Waals surface area contributed by atoms with Crippen molar-refractivity contribution in [2.75, 3.05) is 87.8 Å². The molecule has 0 atom stereocenters. The zero-order valence-corrected chi connectivity index (χ0v) is 59.7. The van der Waals surface area contributed by atoms with Crippen molar-refractivity contribution in [3.63, 3.8) is 0 Å². The number of amides is 16. The number of ether oxygens (including phenoxy) is 4. The predicted molar refractivity (Wildman–Crippen MR) is 318 cm³/mol. The van der Waals surface area contributed by atoms with Crippen molar-refractivity contribution in [1.29, 1.82) is 0 Å². The fraction of sp³-hybridized carbons (Fsp3) is 0.600. The summed E-state index contributed by atoms with van der Waals surface area (Å²) in [4.78, 5) is 148. The third kappa shape index (κ3) is 7.80. The van der Waals surface area contributed by atoms with Crippen molar-refractivity contribution in [3.8, 4) is 23.0 Å². The maximum atomic E-state index is 15.5. The Balaban J connectivity index is 0.00000192. The third-order valence-electron chi connectivity index (χ3n) is 20.0. The van der Waals surface area contributed by atoms with Crippen LogP contribution < -0.4 is 18.9 Å². The van der Waals surface area contributed by atoms with Crippen LogP contribution in [0.1, 0.15) is 49.9 Å². The van der Waals surface area contributed by atoms with Gasteiger partial charge in [-0.25, -0.2) is 38.4 Å². The molecule has 13 heterocycles. The quantitative estimate of drug-likeness (QED) is 0.221. The number of carbonyl (C=O) groups is 8. The Bertz CT molecular complexity index is 2900. The molecule has 28 nitrogen and oxygen atoms in total. The van der Waals surface area contributed by atoms with Gasteiger partial charge < -0.3 is 18.9 Å². The molecule has 0 N–H and O–H groups in total. The van der Waals surface area contributed by atoms with E-state index in [9.17, 15) is 0 Å². The van der Waals surface area contributed by atoms with Gasteiger partial charge in [0.15, 0.2) is 47.3 Å². The molecule has 0 saturated carbocycles. The number of alkyl halides is 4. The summed E-state index contributed by atoms with van der Waals surface area (Å²) in [6.07, 6.45) is -4.42. The van der Waals surface area contributed by atoms with Gasteiger partial charge in [-0.05, 0) is 52.0 Å². The average Bonchev–Trinajstić information content (AvgIpc) is 1.52. The summed E-state index contributed by atoms with van der Waals surface area (Å²) in [6.45, 7) is 6.44. The molecular weight excluding hydrogens is 1430 g/mol. The Labute approximate surface area is 592 Å². The molecule has 16 amide bonds. The van der Waals surface area contributed by atoms with Crippen LogP contribution in [0.3, 0.4) is 0 Å². The van der Waals surface area contributed by atoms with Gasteiger partial charge in [-0.1, -0.05) is 63.7 Å². The number of hydrogen-bond acceptors (Lipinski definition) is 12. The minimum absolute atomic E-state index is 0. The molecule has 2 aromatic carbocycles. The van der Waals surface area contributed by atoms with E-state index in [1.165, 1.54) is 58.8 Å². The summed E-state index contributed by atoms with van der Waals surface area (Å²) in [5.41, 5.74) is -3.02. The van der Waals surface area contributed by atoms with Crippen molar-refractivity contribution in [2.45, 2.75) is 101 Å². The summed E-state index contributed by atoms with van der Waals surface area (Å²) >= 11 is 13.8. The molecule has 0 radical (unpaired) electrons. The van der Waals surface area contributed by atoms with Gasteiger partial charge in [-0.2, -0.15) is 0 Å². The molecule has 11 fully saturated rings. The summed E-state index contributed by atoms with van der Waals surface area (Å²) < 4.78 is 24.9. The molecule has 436 valence electrons. The van der Waals surface area contributed by atoms with Crippen molar-refractivity contribution in [2.24, 2.45) is 0 Å². The van der Waals surface area contributed by atoms with Crippen LogP contribution in [-0.2, 0) is 26.2 Å². The molecule has 0 aliphatic carbocycles. The Morgan fingerprint density at radius 2 is 0.512 bits per heavy atom. The van der Waals surface area contributed by atoms with Crippen LogP contribution in [0.4, 0.5) is 38.4 Å². The van der Waals surface area contributed by atoms with Crippen molar-refractivity contribution in [3.05, 3.63) is 46.5 Å². The second-order valence-corrected chi connectivity index (χ2v) is 26.0. The van der Waals surface area contributed by atoms with Crippen LogP contribution >= 0.6 is 63.7 Å². The maximum Gasteiger partial charge on any atom is 2.00 e. The Morgan fingerprint density at radius 1 is 0.326 bits per heavy atom. The molecule has 86 heavy (non-hydrogen) atoms. The van der Waals surface area contributed by atoms with Gasteiger partial charge in [0.05, 0.1) is 52.6 Å². The number of nitrogens with zero attached hydrogens (tertiary/aromatic N) is 16. The molecule has 0 bridgehead atoms. The van der Waals surface area contributed by atoms with Crippen LogP contribution in [0.5, 0.6) is 23.0 Å². The molecule has 2 aromatic rings. The van der Waals surface area contributed by atoms with Crippen LogP contribution in [-0.4, -0.2) is 354 Å². The first-order valence-electron chi connectivity index (χ1n) is 27.1. The molecule has 0 aromatic heterocycles. The molecule has 36 heteroatoms. The fourth-order valence-corrected chi connectivity index (χ4v) is 16.4. The van der Waals surface area contributed by atoms with Gasteiger partial charge in [-0.3, -0.25) is 78.4 Å². The number of carbonyl (C=O) groups excluding carboxylic acids is 8. The van der Waals surface area contributed by atoms with E-state index in [2.05, 4.69) is 63.7 Å². The molecule has 13 aliphatic heterocycles. The van der Waals surface area contributed by atoms with Gasteiger partial charge >= 0.3 is 140 Å². The first-order chi connectivity index (χ1) is 39.4. The molecule has 0 unspecified atom stereocenters. The number of halogens is 4. The van der Waals surface area contributed by atoms with E-state index in [0.717, 1.165) is 0 Å². The van der Waals surface area contributed by atoms with Crippen molar-refractivity contribution in [1.82, 2.24) is 78.4 Å². The summed E-state index contributed by atoms with van der Waals surface area (Å²) in [5.74, 6) is 2.12. The van der Waals surface area contributed by atoms with Gasteiger partial charge in [0.25, 0.3) is 0 Å². The summed E-state index contributed by atoms with van der Waals surface area (Å²) in [6, 6.07) is 3.02. The van der Waals surface area contributed by atoms with Crippen molar-refractivity contribution < 1.29 is 57.3 Å². The van der Waals surface area contributed by atoms with Gasteiger partial charge in [0.2, 0.25) is 0 Å². The van der Waals surface area contributed by atoms with E-state index < -0.39 is 109 Å². The summed E-state index contributed by atoms with van der Waals surface area (Å²) in [7, 11) is 0. The minimum atomic E-state index is -1.48. The summed E-state index contributed by atoms with van der Waals surface area (Å²) in [5, 5.41) is 2.18. The number of rotatable bonds is 12. The zero-order valence-electron chi connectivity index (χ0n) is 47.7. The molecular formula is C50H56Br4Mg4N16O12+8. The first kappa shape index (κ1) is 64.3. The molecule has 11 saturated heterocycles. The van der Waals surface area contributed by atoms with Gasteiger partial charge in [-0.15, -0.1) is 0 Å². The van der Waals surface area contributed by atoms with E-state index in [-0.39, 0.29) is 145 Å². The van der Waals surface area contributed by atoms with E-state index in [1.807, 2.05) is 13.8 Å². The van der Waals surface area contributed by atoms with E-state index in [4.69, 9.17) is 18.9 Å². The van der Waals surface area contributed by atoms with Crippen LogP contribution in [0.2, 0.25) is 0 Å². The number of benzene rings is 2. The second kappa shape index (κ2) is 22.3. The average molecular weight is 1490 g/mol. The van der Waals surface area contributed by atoms with E-state index in [1.54, 1.807) is 57.7 Å². The van der Waals surface area contributed by atoms with Gasteiger partial charge in [0, 0.05) is 43.6 Å². The molecule has 13 aliphatic rings. The zero-order chi connectivity index (χ0) is 57.2. The largest absolute Gasteiger partial charge is 2.00 e. The predicted octanol–water partition coefficient (Wildman–Crippen LogP) is 2.84. The van der Waals surface area contributed by atoms with E-state index >= 15 is 38.4 Å². The van der Waals surface area contributed by atoms with Crippen LogP contribution in [0.15, 0.2) is 24.3 Å².